The number of urea groups is 1. The molecule has 0 radical (unpaired) electrons. The van der Waals surface area contributed by atoms with Crippen LogP contribution in [-0.4, -0.2) is 61.5 Å². The summed E-state index contributed by atoms with van der Waals surface area (Å²) >= 11 is 0. The van der Waals surface area contributed by atoms with Crippen molar-refractivity contribution in [3.63, 3.8) is 0 Å². The second-order valence-electron chi connectivity index (χ2n) is 7.03. The summed E-state index contributed by atoms with van der Waals surface area (Å²) in [6.07, 6.45) is 0.873. The number of methoxy groups -OCH3 is 1. The van der Waals surface area contributed by atoms with Crippen LogP contribution >= 0.6 is 0 Å². The zero-order valence-electron chi connectivity index (χ0n) is 16.9. The lowest BCUT2D eigenvalue weighted by Gasteiger charge is -2.25. The molecule has 2 aromatic rings. The van der Waals surface area contributed by atoms with Crippen molar-refractivity contribution in [3.8, 4) is 17.2 Å². The zero-order valence-corrected chi connectivity index (χ0v) is 16.9. The van der Waals surface area contributed by atoms with Gasteiger partial charge in [-0.1, -0.05) is 12.1 Å². The van der Waals surface area contributed by atoms with E-state index < -0.39 is 0 Å². The van der Waals surface area contributed by atoms with E-state index >= 15 is 0 Å². The number of nitrogens with zero attached hydrogens (tertiary/aromatic N) is 3. The monoisotopic (exact) mass is 394 g/mol. The maximum Gasteiger partial charge on any atom is 0.317 e. The number of para-hydroxylation sites is 2. The average molecular weight is 394 g/mol. The number of rotatable bonds is 2. The van der Waals surface area contributed by atoms with Gasteiger partial charge in [-0.25, -0.2) is 9.79 Å². The van der Waals surface area contributed by atoms with Crippen LogP contribution in [0.15, 0.2) is 47.5 Å². The van der Waals surface area contributed by atoms with Crippen LogP contribution in [-0.2, 0) is 0 Å². The largest absolute Gasteiger partial charge is 0.497 e. The van der Waals surface area contributed by atoms with Gasteiger partial charge >= 0.3 is 6.03 Å². The molecule has 29 heavy (non-hydrogen) atoms. The van der Waals surface area contributed by atoms with Gasteiger partial charge in [0.25, 0.3) is 0 Å². The molecule has 7 nitrogen and oxygen atoms in total. The van der Waals surface area contributed by atoms with E-state index in [1.54, 1.807) is 7.11 Å². The van der Waals surface area contributed by atoms with Crippen LogP contribution in [0.1, 0.15) is 18.9 Å². The SMILES string of the molecule is CCNC(=O)N1CCCN(C2=Nc3ccccc3Oc3ccc(OC)cc32)CC1. The Hall–Kier alpha value is -3.22. The van der Waals surface area contributed by atoms with Gasteiger partial charge in [0.15, 0.2) is 5.75 Å². The second-order valence-corrected chi connectivity index (χ2v) is 7.03. The minimum absolute atomic E-state index is 0.00657. The molecule has 2 aliphatic rings. The number of carbonyl (C=O) groups is 1. The van der Waals surface area contributed by atoms with Gasteiger partial charge in [-0.2, -0.15) is 0 Å². The lowest BCUT2D eigenvalue weighted by Crippen LogP contribution is -2.42. The Morgan fingerprint density at radius 3 is 2.83 bits per heavy atom. The van der Waals surface area contributed by atoms with E-state index in [1.165, 1.54) is 0 Å². The standard InChI is InChI=1S/C22H26N4O3/c1-3-23-22(27)26-12-6-11-25(13-14-26)21-17-15-16(28-2)9-10-19(17)29-20-8-5-4-7-18(20)24-21/h4-5,7-10,15H,3,6,11-14H2,1-2H3,(H,23,27). The third-order valence-electron chi connectivity index (χ3n) is 5.15. The fourth-order valence-electron chi connectivity index (χ4n) is 3.66. The van der Waals surface area contributed by atoms with Crippen LogP contribution in [0.2, 0.25) is 0 Å². The van der Waals surface area contributed by atoms with E-state index in [0.29, 0.717) is 19.6 Å². The van der Waals surface area contributed by atoms with E-state index in [9.17, 15) is 4.79 Å². The number of hydrogen-bond acceptors (Lipinski definition) is 5. The molecule has 2 amide bonds. The second kappa shape index (κ2) is 8.43. The summed E-state index contributed by atoms with van der Waals surface area (Å²) in [4.78, 5) is 21.3. The van der Waals surface area contributed by atoms with Gasteiger partial charge < -0.3 is 24.6 Å². The Kier molecular flexibility index (Phi) is 5.55. The number of amidine groups is 1. The number of hydrogen-bond donors (Lipinski definition) is 1. The fraction of sp³-hybridized carbons (Fsp3) is 0.364. The molecule has 0 aromatic heterocycles. The van der Waals surface area contributed by atoms with Crippen LogP contribution < -0.4 is 14.8 Å². The summed E-state index contributed by atoms with van der Waals surface area (Å²) in [7, 11) is 1.65. The van der Waals surface area contributed by atoms with Crippen LogP contribution in [0.5, 0.6) is 17.2 Å². The Morgan fingerprint density at radius 2 is 2.00 bits per heavy atom. The Labute approximate surface area is 170 Å². The summed E-state index contributed by atoms with van der Waals surface area (Å²) in [6, 6.07) is 13.6. The number of ether oxygens (including phenoxy) is 2. The summed E-state index contributed by atoms with van der Waals surface area (Å²) in [5.74, 6) is 3.08. The number of fused-ring (bicyclic) bond motifs is 2. The average Bonchev–Trinajstić information content (AvgIpc) is 3.08. The molecular formula is C22H26N4O3. The van der Waals surface area contributed by atoms with E-state index in [-0.39, 0.29) is 6.03 Å². The third kappa shape index (κ3) is 3.99. The minimum atomic E-state index is -0.00657. The van der Waals surface area contributed by atoms with Crippen molar-refractivity contribution >= 4 is 17.6 Å². The molecule has 0 unspecified atom stereocenters. The first kappa shape index (κ1) is 19.1. The maximum atomic E-state index is 12.3. The molecule has 0 atom stereocenters. The molecule has 1 N–H and O–H groups in total. The van der Waals surface area contributed by atoms with Gasteiger partial charge in [0.2, 0.25) is 0 Å². The highest BCUT2D eigenvalue weighted by molar-refractivity contribution is 6.04. The van der Waals surface area contributed by atoms with Crippen LogP contribution in [0.25, 0.3) is 0 Å². The lowest BCUT2D eigenvalue weighted by molar-refractivity contribution is 0.201. The molecule has 1 saturated heterocycles. The Morgan fingerprint density at radius 1 is 1.14 bits per heavy atom. The number of aliphatic imine (C=N–C) groups is 1. The molecule has 0 bridgehead atoms. The van der Waals surface area contributed by atoms with Gasteiger partial charge in [-0.15, -0.1) is 0 Å². The molecule has 2 aromatic carbocycles. The van der Waals surface area contributed by atoms with E-state index in [1.807, 2.05) is 54.3 Å². The summed E-state index contributed by atoms with van der Waals surface area (Å²) < 4.78 is 11.6. The molecule has 152 valence electrons. The first-order chi connectivity index (χ1) is 14.2. The van der Waals surface area contributed by atoms with Gasteiger partial charge in [0.05, 0.1) is 12.7 Å². The van der Waals surface area contributed by atoms with Crippen LogP contribution in [0.4, 0.5) is 10.5 Å². The lowest BCUT2D eigenvalue weighted by atomic mass is 10.1. The molecule has 0 saturated carbocycles. The van der Waals surface area contributed by atoms with Crippen LogP contribution in [0, 0.1) is 0 Å². The van der Waals surface area contributed by atoms with Gasteiger partial charge in [0, 0.05) is 32.7 Å². The molecular weight excluding hydrogens is 368 g/mol. The minimum Gasteiger partial charge on any atom is -0.497 e. The summed E-state index contributed by atoms with van der Waals surface area (Å²) in [6.45, 7) is 5.46. The Balaban J connectivity index is 1.69. The van der Waals surface area contributed by atoms with E-state index in [0.717, 1.165) is 53.8 Å². The number of nitrogens with one attached hydrogen (secondary N) is 1. The first-order valence-electron chi connectivity index (χ1n) is 10.0. The predicted molar refractivity (Wildman–Crippen MR) is 113 cm³/mol. The number of benzene rings is 2. The van der Waals surface area contributed by atoms with E-state index in [4.69, 9.17) is 14.5 Å². The smallest absolute Gasteiger partial charge is 0.317 e. The number of carbonyl (C=O) groups excluding carboxylic acids is 1. The summed E-state index contributed by atoms with van der Waals surface area (Å²) in [5.41, 5.74) is 1.69. The van der Waals surface area contributed by atoms with Crippen molar-refractivity contribution < 1.29 is 14.3 Å². The van der Waals surface area contributed by atoms with Crippen molar-refractivity contribution in [3.05, 3.63) is 48.0 Å². The highest BCUT2D eigenvalue weighted by Crippen LogP contribution is 2.39. The van der Waals surface area contributed by atoms with Crippen molar-refractivity contribution in [2.24, 2.45) is 4.99 Å². The predicted octanol–water partition coefficient (Wildman–Crippen LogP) is 3.62. The summed E-state index contributed by atoms with van der Waals surface area (Å²) in [5, 5.41) is 2.89. The van der Waals surface area contributed by atoms with Gasteiger partial charge in [0.1, 0.15) is 23.0 Å². The molecule has 0 spiro atoms. The fourth-order valence-corrected chi connectivity index (χ4v) is 3.66. The van der Waals surface area contributed by atoms with Crippen molar-refractivity contribution in [2.75, 3.05) is 39.8 Å². The maximum absolute atomic E-state index is 12.3. The van der Waals surface area contributed by atoms with Gasteiger partial charge in [-0.3, -0.25) is 0 Å². The molecule has 2 heterocycles. The third-order valence-corrected chi connectivity index (χ3v) is 5.15. The topological polar surface area (TPSA) is 66.4 Å². The normalized spacial score (nSPS) is 15.9. The quantitative estimate of drug-likeness (QED) is 0.845. The first-order valence-corrected chi connectivity index (χ1v) is 10.0. The van der Waals surface area contributed by atoms with Gasteiger partial charge in [-0.05, 0) is 43.7 Å². The zero-order chi connectivity index (χ0) is 20.2. The molecule has 7 heteroatoms. The molecule has 0 aliphatic carbocycles. The van der Waals surface area contributed by atoms with E-state index in [2.05, 4.69) is 10.2 Å². The van der Waals surface area contributed by atoms with Crippen LogP contribution in [0.3, 0.4) is 0 Å². The van der Waals surface area contributed by atoms with Crippen molar-refractivity contribution in [1.82, 2.24) is 15.1 Å². The Bertz CT molecular complexity index is 928. The number of amides is 2. The molecule has 2 aliphatic heterocycles. The molecule has 4 rings (SSSR count). The highest BCUT2D eigenvalue weighted by Gasteiger charge is 2.26. The molecule has 1 fully saturated rings. The van der Waals surface area contributed by atoms with Crippen molar-refractivity contribution in [2.45, 2.75) is 13.3 Å². The van der Waals surface area contributed by atoms with Crippen molar-refractivity contribution in [1.29, 1.82) is 0 Å². The highest BCUT2D eigenvalue weighted by atomic mass is 16.5.